The fourth-order valence-electron chi connectivity index (χ4n) is 2.21. The van der Waals surface area contributed by atoms with Gasteiger partial charge in [0.15, 0.2) is 0 Å². The summed E-state index contributed by atoms with van der Waals surface area (Å²) in [5.74, 6) is -0.398. The highest BCUT2D eigenvalue weighted by atomic mass is 35.5. The number of carbonyl (C=O) groups is 2. The van der Waals surface area contributed by atoms with E-state index >= 15 is 0 Å². The van der Waals surface area contributed by atoms with E-state index in [9.17, 15) is 9.59 Å². The maximum absolute atomic E-state index is 12.3. The minimum Gasteiger partial charge on any atom is -0.424 e. The van der Waals surface area contributed by atoms with Crippen LogP contribution in [0, 0.1) is 5.92 Å². The van der Waals surface area contributed by atoms with Crippen LogP contribution >= 0.6 is 11.6 Å². The third kappa shape index (κ3) is 3.57. The number of esters is 1. The van der Waals surface area contributed by atoms with Gasteiger partial charge < -0.3 is 10.1 Å². The number of halogens is 1. The van der Waals surface area contributed by atoms with Gasteiger partial charge in [0, 0.05) is 22.7 Å². The number of fused-ring (bicyclic) bond motifs is 1. The van der Waals surface area contributed by atoms with Gasteiger partial charge >= 0.3 is 5.97 Å². The molecule has 0 aliphatic rings. The van der Waals surface area contributed by atoms with Crippen molar-refractivity contribution in [3.8, 4) is 5.75 Å². The number of nitrogens with one attached hydrogen (secondary N) is 1. The van der Waals surface area contributed by atoms with Crippen molar-refractivity contribution >= 4 is 34.2 Å². The average molecular weight is 320 g/mol. The first-order chi connectivity index (χ1) is 10.4. The number of ether oxygens (including phenoxy) is 1. The Balaban J connectivity index is 2.32. The summed E-state index contributed by atoms with van der Waals surface area (Å²) >= 11 is 6.15. The number of carbonyl (C=O) groups excluding carboxylic acids is 2. The third-order valence-electron chi connectivity index (χ3n) is 3.32. The summed E-state index contributed by atoms with van der Waals surface area (Å²) in [5, 5.41) is 4.79. The van der Waals surface area contributed by atoms with Crippen molar-refractivity contribution in [1.82, 2.24) is 5.32 Å². The molecule has 116 valence electrons. The Labute approximate surface area is 134 Å². The molecule has 0 aliphatic heterocycles. The van der Waals surface area contributed by atoms with Crippen molar-refractivity contribution in [3.05, 3.63) is 41.4 Å². The zero-order valence-corrected chi connectivity index (χ0v) is 13.5. The summed E-state index contributed by atoms with van der Waals surface area (Å²) in [6, 6.07) is 10.1. The minimum absolute atomic E-state index is 0.0741. The molecule has 2 aromatic carbocycles. The average Bonchev–Trinajstić information content (AvgIpc) is 2.47. The van der Waals surface area contributed by atoms with Crippen molar-refractivity contribution in [2.24, 2.45) is 5.92 Å². The number of rotatable bonds is 4. The Morgan fingerprint density at radius 2 is 1.73 bits per heavy atom. The van der Waals surface area contributed by atoms with Crippen LogP contribution in [0.4, 0.5) is 0 Å². The standard InChI is InChI=1S/C17H18ClNO3/c1-10(2)16(19-11(3)20)17(21)22-15-9-8-14(18)12-6-4-5-7-13(12)15/h4-10,16H,1-3H3,(H,19,20). The van der Waals surface area contributed by atoms with E-state index in [1.54, 1.807) is 12.1 Å². The summed E-state index contributed by atoms with van der Waals surface area (Å²) < 4.78 is 5.49. The van der Waals surface area contributed by atoms with Gasteiger partial charge in [-0.1, -0.05) is 49.7 Å². The van der Waals surface area contributed by atoms with Crippen LogP contribution < -0.4 is 10.1 Å². The highest BCUT2D eigenvalue weighted by molar-refractivity contribution is 6.35. The molecule has 2 rings (SSSR count). The van der Waals surface area contributed by atoms with Crippen molar-refractivity contribution in [2.45, 2.75) is 26.8 Å². The predicted octanol–water partition coefficient (Wildman–Crippen LogP) is 3.56. The smallest absolute Gasteiger partial charge is 0.334 e. The van der Waals surface area contributed by atoms with E-state index < -0.39 is 12.0 Å². The second-order valence-electron chi connectivity index (χ2n) is 5.43. The van der Waals surface area contributed by atoms with Crippen LogP contribution in [-0.4, -0.2) is 17.9 Å². The van der Waals surface area contributed by atoms with Crippen molar-refractivity contribution in [2.75, 3.05) is 0 Å². The van der Waals surface area contributed by atoms with Gasteiger partial charge in [0.05, 0.1) is 0 Å². The highest BCUT2D eigenvalue weighted by Crippen LogP contribution is 2.31. The molecular weight excluding hydrogens is 302 g/mol. The SMILES string of the molecule is CC(=O)NC(C(=O)Oc1ccc(Cl)c2ccccc12)C(C)C. The Kier molecular flexibility index (Phi) is 5.03. The summed E-state index contributed by atoms with van der Waals surface area (Å²) in [7, 11) is 0. The van der Waals surface area contributed by atoms with E-state index in [1.165, 1.54) is 6.92 Å². The highest BCUT2D eigenvalue weighted by Gasteiger charge is 2.25. The normalized spacial score (nSPS) is 12.2. The number of hydrogen-bond donors (Lipinski definition) is 1. The molecule has 22 heavy (non-hydrogen) atoms. The topological polar surface area (TPSA) is 55.4 Å². The fourth-order valence-corrected chi connectivity index (χ4v) is 2.44. The molecule has 2 aromatic rings. The van der Waals surface area contributed by atoms with Crippen molar-refractivity contribution in [3.63, 3.8) is 0 Å². The molecule has 0 spiro atoms. The van der Waals surface area contributed by atoms with Gasteiger partial charge in [-0.3, -0.25) is 4.79 Å². The van der Waals surface area contributed by atoms with E-state index in [0.29, 0.717) is 10.8 Å². The minimum atomic E-state index is -0.688. The Bertz CT molecular complexity index is 712. The van der Waals surface area contributed by atoms with Crippen molar-refractivity contribution in [1.29, 1.82) is 0 Å². The van der Waals surface area contributed by atoms with E-state index in [4.69, 9.17) is 16.3 Å². The molecule has 0 aromatic heterocycles. The molecule has 0 heterocycles. The lowest BCUT2D eigenvalue weighted by molar-refractivity contribution is -0.140. The van der Waals surface area contributed by atoms with Gasteiger partial charge in [-0.2, -0.15) is 0 Å². The van der Waals surface area contributed by atoms with Gasteiger partial charge in [0.1, 0.15) is 11.8 Å². The van der Waals surface area contributed by atoms with Gasteiger partial charge in [0.2, 0.25) is 5.91 Å². The number of amides is 1. The Hall–Kier alpha value is -2.07. The molecule has 1 atom stereocenters. The molecule has 0 radical (unpaired) electrons. The first-order valence-corrected chi connectivity index (χ1v) is 7.44. The predicted molar refractivity (Wildman–Crippen MR) is 87.0 cm³/mol. The molecule has 1 N–H and O–H groups in total. The first kappa shape index (κ1) is 16.3. The zero-order chi connectivity index (χ0) is 16.3. The lowest BCUT2D eigenvalue weighted by Crippen LogP contribution is -2.45. The first-order valence-electron chi connectivity index (χ1n) is 7.06. The fraction of sp³-hybridized carbons (Fsp3) is 0.294. The molecule has 5 heteroatoms. The maximum Gasteiger partial charge on any atom is 0.334 e. The van der Waals surface area contributed by atoms with Crippen molar-refractivity contribution < 1.29 is 14.3 Å². The van der Waals surface area contributed by atoms with Crippen LogP contribution in [0.15, 0.2) is 36.4 Å². The van der Waals surface area contributed by atoms with Gasteiger partial charge in [-0.15, -0.1) is 0 Å². The monoisotopic (exact) mass is 319 g/mol. The molecule has 0 bridgehead atoms. The lowest BCUT2D eigenvalue weighted by Gasteiger charge is -2.20. The molecular formula is C17H18ClNO3. The van der Waals surface area contributed by atoms with Crippen LogP contribution in [0.1, 0.15) is 20.8 Å². The second kappa shape index (κ2) is 6.79. The molecule has 4 nitrogen and oxygen atoms in total. The van der Waals surface area contributed by atoms with E-state index in [0.717, 1.165) is 10.8 Å². The van der Waals surface area contributed by atoms with E-state index in [2.05, 4.69) is 5.32 Å². The molecule has 0 saturated heterocycles. The summed E-state index contributed by atoms with van der Waals surface area (Å²) in [5.41, 5.74) is 0. The molecule has 1 amide bonds. The molecule has 0 aliphatic carbocycles. The van der Waals surface area contributed by atoms with Gasteiger partial charge in [0.25, 0.3) is 0 Å². The second-order valence-corrected chi connectivity index (χ2v) is 5.84. The largest absolute Gasteiger partial charge is 0.424 e. The van der Waals surface area contributed by atoms with Gasteiger partial charge in [-0.05, 0) is 18.1 Å². The number of hydrogen-bond acceptors (Lipinski definition) is 3. The number of benzene rings is 2. The summed E-state index contributed by atoms with van der Waals surface area (Å²) in [6.45, 7) is 5.07. The van der Waals surface area contributed by atoms with Crippen LogP contribution in [0.2, 0.25) is 5.02 Å². The van der Waals surface area contributed by atoms with Crippen LogP contribution in [-0.2, 0) is 9.59 Å². The maximum atomic E-state index is 12.3. The third-order valence-corrected chi connectivity index (χ3v) is 3.65. The molecule has 0 saturated carbocycles. The zero-order valence-electron chi connectivity index (χ0n) is 12.7. The van der Waals surface area contributed by atoms with Crippen LogP contribution in [0.3, 0.4) is 0 Å². The summed E-state index contributed by atoms with van der Waals surface area (Å²) in [4.78, 5) is 23.6. The van der Waals surface area contributed by atoms with E-state index in [-0.39, 0.29) is 11.8 Å². The molecule has 1 unspecified atom stereocenters. The Morgan fingerprint density at radius 1 is 1.09 bits per heavy atom. The summed E-state index contributed by atoms with van der Waals surface area (Å²) in [6.07, 6.45) is 0. The Morgan fingerprint density at radius 3 is 2.32 bits per heavy atom. The van der Waals surface area contributed by atoms with Crippen LogP contribution in [0.5, 0.6) is 5.75 Å². The molecule has 0 fully saturated rings. The van der Waals surface area contributed by atoms with E-state index in [1.807, 2.05) is 38.1 Å². The quantitative estimate of drug-likeness (QED) is 0.692. The van der Waals surface area contributed by atoms with Crippen LogP contribution in [0.25, 0.3) is 10.8 Å². The lowest BCUT2D eigenvalue weighted by atomic mass is 10.0. The van der Waals surface area contributed by atoms with Gasteiger partial charge in [-0.25, -0.2) is 4.79 Å².